The van der Waals surface area contributed by atoms with Crippen LogP contribution in [0.25, 0.3) is 0 Å². The van der Waals surface area contributed by atoms with Crippen LogP contribution in [0.3, 0.4) is 0 Å². The second kappa shape index (κ2) is 5.36. The molecule has 0 fully saturated rings. The van der Waals surface area contributed by atoms with Gasteiger partial charge in [0.2, 0.25) is 5.91 Å². The molecule has 0 aliphatic carbocycles. The molecule has 7 nitrogen and oxygen atoms in total. The Morgan fingerprint density at radius 2 is 1.85 bits per heavy atom. The van der Waals surface area contributed by atoms with Crippen molar-refractivity contribution in [1.82, 2.24) is 10.3 Å². The second-order valence-electron chi connectivity index (χ2n) is 5.36. The molecular formula is C13H19N3O4. The molecule has 0 saturated carbocycles. The van der Waals surface area contributed by atoms with Crippen LogP contribution < -0.4 is 11.1 Å². The van der Waals surface area contributed by atoms with E-state index in [1.165, 1.54) is 0 Å². The van der Waals surface area contributed by atoms with Gasteiger partial charge in [0.05, 0.1) is 11.0 Å². The summed E-state index contributed by atoms with van der Waals surface area (Å²) in [6.45, 7) is 6.49. The summed E-state index contributed by atoms with van der Waals surface area (Å²) < 4.78 is 0. The lowest BCUT2D eigenvalue weighted by Gasteiger charge is -2.20. The maximum absolute atomic E-state index is 12.1. The van der Waals surface area contributed by atoms with Crippen LogP contribution in [0.5, 0.6) is 0 Å². The van der Waals surface area contributed by atoms with Gasteiger partial charge >= 0.3 is 5.97 Å². The lowest BCUT2D eigenvalue weighted by atomic mass is 9.92. The van der Waals surface area contributed by atoms with Crippen LogP contribution in [-0.2, 0) is 4.79 Å². The number of nitrogens with two attached hydrogens (primary N) is 1. The number of amides is 2. The number of nitrogens with one attached hydrogen (secondary N) is 2. The largest absolute Gasteiger partial charge is 0.477 e. The van der Waals surface area contributed by atoms with Crippen molar-refractivity contribution in [2.75, 3.05) is 6.54 Å². The molecule has 1 aromatic rings. The smallest absolute Gasteiger partial charge is 0.352 e. The molecule has 0 saturated heterocycles. The average Bonchev–Trinajstić information content (AvgIpc) is 2.62. The normalized spacial score (nSPS) is 11.2. The van der Waals surface area contributed by atoms with E-state index in [1.54, 1.807) is 27.7 Å². The minimum atomic E-state index is -1.12. The van der Waals surface area contributed by atoms with Gasteiger partial charge in [0.25, 0.3) is 5.91 Å². The minimum absolute atomic E-state index is 0.0122. The summed E-state index contributed by atoms with van der Waals surface area (Å²) in [7, 11) is 0. The number of aryl methyl sites for hydroxylation is 1. The Kier molecular flexibility index (Phi) is 4.22. The Morgan fingerprint density at radius 1 is 1.30 bits per heavy atom. The molecule has 0 aromatic carbocycles. The van der Waals surface area contributed by atoms with Crippen molar-refractivity contribution in [3.63, 3.8) is 0 Å². The number of aromatic nitrogens is 1. The maximum Gasteiger partial charge on any atom is 0.352 e. The summed E-state index contributed by atoms with van der Waals surface area (Å²) in [6, 6.07) is 0. The van der Waals surface area contributed by atoms with Crippen LogP contribution in [0.15, 0.2) is 0 Å². The standard InChI is InChI=1S/C13H19N3O4/c1-6-8(7(2)16-9(6)11(18)19)10(17)15-5-13(3,4)12(14)20/h16H,5H2,1-4H3,(H2,14,20)(H,15,17)(H,18,19). The predicted molar refractivity (Wildman–Crippen MR) is 72.5 cm³/mol. The van der Waals surface area contributed by atoms with Gasteiger partial charge in [-0.3, -0.25) is 9.59 Å². The fourth-order valence-corrected chi connectivity index (χ4v) is 1.78. The summed E-state index contributed by atoms with van der Waals surface area (Å²) in [5, 5.41) is 11.6. The van der Waals surface area contributed by atoms with Gasteiger partial charge in [0, 0.05) is 12.2 Å². The van der Waals surface area contributed by atoms with Crippen LogP contribution in [0, 0.1) is 19.3 Å². The fraction of sp³-hybridized carbons (Fsp3) is 0.462. The van der Waals surface area contributed by atoms with E-state index in [0.29, 0.717) is 11.3 Å². The minimum Gasteiger partial charge on any atom is -0.477 e. The van der Waals surface area contributed by atoms with E-state index < -0.39 is 23.2 Å². The number of carbonyl (C=O) groups excluding carboxylic acids is 2. The van der Waals surface area contributed by atoms with Gasteiger partial charge in [-0.15, -0.1) is 0 Å². The Hall–Kier alpha value is -2.31. The van der Waals surface area contributed by atoms with Crippen molar-refractivity contribution in [2.24, 2.45) is 11.1 Å². The first-order chi connectivity index (χ1) is 9.08. The van der Waals surface area contributed by atoms with Crippen molar-refractivity contribution < 1.29 is 19.5 Å². The van der Waals surface area contributed by atoms with Crippen LogP contribution >= 0.6 is 0 Å². The zero-order valence-electron chi connectivity index (χ0n) is 12.0. The molecule has 0 radical (unpaired) electrons. The Bertz CT molecular complexity index is 572. The molecule has 0 aliphatic rings. The predicted octanol–water partition coefficient (Wildman–Crippen LogP) is 0.571. The topological polar surface area (TPSA) is 125 Å². The van der Waals surface area contributed by atoms with Gasteiger partial charge in [-0.05, 0) is 33.3 Å². The lowest BCUT2D eigenvalue weighted by Crippen LogP contribution is -2.42. The highest BCUT2D eigenvalue weighted by molar-refractivity contribution is 6.01. The van der Waals surface area contributed by atoms with Gasteiger partial charge in [0.15, 0.2) is 0 Å². The molecule has 20 heavy (non-hydrogen) atoms. The van der Waals surface area contributed by atoms with Crippen LogP contribution in [0.4, 0.5) is 0 Å². The Morgan fingerprint density at radius 3 is 2.25 bits per heavy atom. The number of primary amides is 1. The molecule has 7 heteroatoms. The first-order valence-corrected chi connectivity index (χ1v) is 6.08. The molecule has 1 aromatic heterocycles. The van der Waals surface area contributed by atoms with E-state index in [0.717, 1.165) is 0 Å². The number of rotatable bonds is 5. The molecule has 0 bridgehead atoms. The number of hydrogen-bond acceptors (Lipinski definition) is 3. The van der Waals surface area contributed by atoms with Crippen molar-refractivity contribution in [3.8, 4) is 0 Å². The summed E-state index contributed by atoms with van der Waals surface area (Å²) in [4.78, 5) is 37.0. The summed E-state index contributed by atoms with van der Waals surface area (Å²) in [6.07, 6.45) is 0. The number of H-pyrrole nitrogens is 1. The quantitative estimate of drug-likeness (QED) is 0.629. The van der Waals surface area contributed by atoms with Crippen LogP contribution in [-0.4, -0.2) is 34.4 Å². The summed E-state index contributed by atoms with van der Waals surface area (Å²) >= 11 is 0. The van der Waals surface area contributed by atoms with E-state index in [2.05, 4.69) is 10.3 Å². The van der Waals surface area contributed by atoms with E-state index >= 15 is 0 Å². The molecule has 0 atom stereocenters. The zero-order chi connectivity index (χ0) is 15.7. The molecule has 1 rings (SSSR count). The first-order valence-electron chi connectivity index (χ1n) is 6.08. The summed E-state index contributed by atoms with van der Waals surface area (Å²) in [5.41, 5.74) is 5.45. The highest BCUT2D eigenvalue weighted by Crippen LogP contribution is 2.19. The van der Waals surface area contributed by atoms with Crippen molar-refractivity contribution in [1.29, 1.82) is 0 Å². The van der Waals surface area contributed by atoms with Crippen LogP contribution in [0.2, 0.25) is 0 Å². The van der Waals surface area contributed by atoms with Gasteiger partial charge in [0.1, 0.15) is 5.69 Å². The van der Waals surface area contributed by atoms with E-state index in [1.807, 2.05) is 0 Å². The highest BCUT2D eigenvalue weighted by Gasteiger charge is 2.27. The summed E-state index contributed by atoms with van der Waals surface area (Å²) in [5.74, 6) is -2.08. The van der Waals surface area contributed by atoms with E-state index in [4.69, 9.17) is 10.8 Å². The fourth-order valence-electron chi connectivity index (χ4n) is 1.78. The monoisotopic (exact) mass is 281 g/mol. The third-order valence-electron chi connectivity index (χ3n) is 3.24. The number of aromatic amines is 1. The van der Waals surface area contributed by atoms with Gasteiger partial charge < -0.3 is 21.1 Å². The molecule has 110 valence electrons. The number of carboxylic acid groups (broad SMARTS) is 1. The number of aromatic carboxylic acids is 1. The molecular weight excluding hydrogens is 262 g/mol. The molecule has 2 amide bonds. The van der Waals surface area contributed by atoms with Gasteiger partial charge in [-0.25, -0.2) is 4.79 Å². The second-order valence-corrected chi connectivity index (χ2v) is 5.36. The third-order valence-corrected chi connectivity index (χ3v) is 3.24. The number of carbonyl (C=O) groups is 3. The molecule has 0 aliphatic heterocycles. The highest BCUT2D eigenvalue weighted by atomic mass is 16.4. The Balaban J connectivity index is 2.95. The van der Waals surface area contributed by atoms with Crippen molar-refractivity contribution in [2.45, 2.75) is 27.7 Å². The molecule has 0 unspecified atom stereocenters. The van der Waals surface area contributed by atoms with Gasteiger partial charge in [-0.2, -0.15) is 0 Å². The maximum atomic E-state index is 12.1. The molecule has 5 N–H and O–H groups in total. The Labute approximate surface area is 116 Å². The van der Waals surface area contributed by atoms with Crippen molar-refractivity contribution in [3.05, 3.63) is 22.5 Å². The van der Waals surface area contributed by atoms with Crippen molar-refractivity contribution >= 4 is 17.8 Å². The van der Waals surface area contributed by atoms with E-state index in [-0.39, 0.29) is 17.8 Å². The molecule has 1 heterocycles. The van der Waals surface area contributed by atoms with Crippen LogP contribution in [0.1, 0.15) is 46.0 Å². The number of hydrogen-bond donors (Lipinski definition) is 4. The average molecular weight is 281 g/mol. The SMILES string of the molecule is Cc1[nH]c(C(=O)O)c(C)c1C(=O)NCC(C)(C)C(N)=O. The van der Waals surface area contributed by atoms with Gasteiger partial charge in [-0.1, -0.05) is 0 Å². The van der Waals surface area contributed by atoms with E-state index in [9.17, 15) is 14.4 Å². The first kappa shape index (κ1) is 15.7. The molecule has 0 spiro atoms. The number of carboxylic acids is 1. The third kappa shape index (κ3) is 2.98. The lowest BCUT2D eigenvalue weighted by molar-refractivity contribution is -0.125. The zero-order valence-corrected chi connectivity index (χ0v) is 12.0.